The summed E-state index contributed by atoms with van der Waals surface area (Å²) in [6.45, 7) is 0.841. The van der Waals surface area contributed by atoms with E-state index in [4.69, 9.17) is 4.74 Å². The van der Waals surface area contributed by atoms with E-state index in [-0.39, 0.29) is 0 Å². The summed E-state index contributed by atoms with van der Waals surface area (Å²) in [6, 6.07) is 15.9. The molecule has 2 aromatic carbocycles. The van der Waals surface area contributed by atoms with Crippen molar-refractivity contribution >= 4 is 5.69 Å². The highest BCUT2D eigenvalue weighted by Crippen LogP contribution is 2.29. The Morgan fingerprint density at radius 3 is 3.00 bits per heavy atom. The first-order chi connectivity index (χ1) is 9.88. The number of ether oxygens (including phenoxy) is 1. The van der Waals surface area contributed by atoms with Gasteiger partial charge in [-0.05, 0) is 48.1 Å². The van der Waals surface area contributed by atoms with Crippen LogP contribution in [0.15, 0.2) is 42.5 Å². The average molecular weight is 265 g/mol. The van der Waals surface area contributed by atoms with Gasteiger partial charge in [0.15, 0.2) is 0 Å². The molecule has 1 atom stereocenters. The smallest absolute Gasteiger partial charge is 0.122 e. The maximum Gasteiger partial charge on any atom is 0.122 e. The molecule has 0 aromatic heterocycles. The lowest BCUT2D eigenvalue weighted by Crippen LogP contribution is -2.27. The lowest BCUT2D eigenvalue weighted by molar-refractivity contribution is 0.357. The van der Waals surface area contributed by atoms with E-state index in [1.54, 1.807) is 0 Å². The summed E-state index contributed by atoms with van der Waals surface area (Å²) in [6.07, 6.45) is 4.55. The summed E-state index contributed by atoms with van der Waals surface area (Å²) in [5.74, 6) is 1.08. The van der Waals surface area contributed by atoms with Gasteiger partial charge in [-0.3, -0.25) is 0 Å². The first-order valence-electron chi connectivity index (χ1n) is 7.47. The summed E-state index contributed by atoms with van der Waals surface area (Å²) >= 11 is 0. The van der Waals surface area contributed by atoms with E-state index in [0.29, 0.717) is 6.04 Å². The van der Waals surface area contributed by atoms with E-state index < -0.39 is 0 Å². The molecule has 2 heteroatoms. The van der Waals surface area contributed by atoms with Crippen molar-refractivity contribution in [2.45, 2.75) is 31.7 Å². The van der Waals surface area contributed by atoms with Crippen molar-refractivity contribution in [1.82, 2.24) is 0 Å². The summed E-state index contributed by atoms with van der Waals surface area (Å²) in [5.41, 5.74) is 5.56. The second kappa shape index (κ2) is 4.86. The fourth-order valence-electron chi connectivity index (χ4n) is 3.31. The van der Waals surface area contributed by atoms with Gasteiger partial charge in [-0.2, -0.15) is 0 Å². The van der Waals surface area contributed by atoms with E-state index in [0.717, 1.165) is 25.2 Å². The Balaban J connectivity index is 1.50. The summed E-state index contributed by atoms with van der Waals surface area (Å²) in [5, 5.41) is 3.68. The van der Waals surface area contributed by atoms with E-state index in [2.05, 4.69) is 47.8 Å². The number of hydrogen-bond donors (Lipinski definition) is 1. The highest BCUT2D eigenvalue weighted by Gasteiger charge is 2.19. The lowest BCUT2D eigenvalue weighted by Gasteiger charge is -2.27. The standard InChI is InChI=1S/C18H19NO/c1-2-4-17-14(3-1)6-7-16(19-17)12-13-5-8-18-15(11-13)9-10-20-18/h1-5,8,11,16,19H,6-7,9-10,12H2. The van der Waals surface area contributed by atoms with Gasteiger partial charge in [-0.15, -0.1) is 0 Å². The van der Waals surface area contributed by atoms with Crippen LogP contribution < -0.4 is 10.1 Å². The second-order valence-electron chi connectivity index (χ2n) is 5.78. The fraction of sp³-hybridized carbons (Fsp3) is 0.333. The Hall–Kier alpha value is -1.96. The molecule has 1 unspecified atom stereocenters. The first kappa shape index (κ1) is 11.8. The van der Waals surface area contributed by atoms with Crippen molar-refractivity contribution in [3.05, 3.63) is 59.2 Å². The Morgan fingerprint density at radius 1 is 1.05 bits per heavy atom. The Kier molecular flexibility index (Phi) is 2.87. The van der Waals surface area contributed by atoms with Gasteiger partial charge < -0.3 is 10.1 Å². The number of rotatable bonds is 2. The third-order valence-corrected chi connectivity index (χ3v) is 4.38. The predicted molar refractivity (Wildman–Crippen MR) is 81.5 cm³/mol. The maximum absolute atomic E-state index is 5.57. The minimum Gasteiger partial charge on any atom is -0.493 e. The van der Waals surface area contributed by atoms with Crippen molar-refractivity contribution in [2.75, 3.05) is 11.9 Å². The minimum atomic E-state index is 0.547. The highest BCUT2D eigenvalue weighted by atomic mass is 16.5. The molecule has 2 aliphatic rings. The largest absolute Gasteiger partial charge is 0.493 e. The van der Waals surface area contributed by atoms with E-state index in [1.165, 1.54) is 35.2 Å². The molecule has 0 saturated carbocycles. The molecule has 2 aliphatic heterocycles. The second-order valence-corrected chi connectivity index (χ2v) is 5.78. The lowest BCUT2D eigenvalue weighted by atomic mass is 9.93. The zero-order valence-electron chi connectivity index (χ0n) is 11.6. The van der Waals surface area contributed by atoms with Crippen molar-refractivity contribution in [3.8, 4) is 5.75 Å². The molecule has 0 spiro atoms. The van der Waals surface area contributed by atoms with Crippen LogP contribution in [0.3, 0.4) is 0 Å². The van der Waals surface area contributed by atoms with Gasteiger partial charge in [-0.25, -0.2) is 0 Å². The van der Waals surface area contributed by atoms with Crippen molar-refractivity contribution < 1.29 is 4.74 Å². The molecule has 2 aromatic rings. The van der Waals surface area contributed by atoms with Crippen LogP contribution in [0.4, 0.5) is 5.69 Å². The van der Waals surface area contributed by atoms with Gasteiger partial charge in [0.05, 0.1) is 6.61 Å². The summed E-state index contributed by atoms with van der Waals surface area (Å²) < 4.78 is 5.57. The number of nitrogens with one attached hydrogen (secondary N) is 1. The van der Waals surface area contributed by atoms with Crippen LogP contribution >= 0.6 is 0 Å². The average Bonchev–Trinajstić information content (AvgIpc) is 2.95. The number of para-hydroxylation sites is 1. The van der Waals surface area contributed by atoms with Crippen LogP contribution in [0.1, 0.15) is 23.1 Å². The van der Waals surface area contributed by atoms with E-state index in [1.807, 2.05) is 0 Å². The molecule has 102 valence electrons. The molecule has 2 nitrogen and oxygen atoms in total. The third kappa shape index (κ3) is 2.15. The number of aryl methyl sites for hydroxylation is 1. The predicted octanol–water partition coefficient (Wildman–Crippen LogP) is 3.59. The summed E-state index contributed by atoms with van der Waals surface area (Å²) in [7, 11) is 0. The van der Waals surface area contributed by atoms with E-state index >= 15 is 0 Å². The fourth-order valence-corrected chi connectivity index (χ4v) is 3.31. The zero-order chi connectivity index (χ0) is 13.4. The molecular formula is C18H19NO. The Labute approximate surface area is 119 Å². The molecule has 2 heterocycles. The minimum absolute atomic E-state index is 0.547. The number of fused-ring (bicyclic) bond motifs is 2. The van der Waals surface area contributed by atoms with Gasteiger partial charge >= 0.3 is 0 Å². The van der Waals surface area contributed by atoms with E-state index in [9.17, 15) is 0 Å². The van der Waals surface area contributed by atoms with Crippen molar-refractivity contribution in [1.29, 1.82) is 0 Å². The van der Waals surface area contributed by atoms with Crippen LogP contribution in [-0.4, -0.2) is 12.6 Å². The molecule has 0 aliphatic carbocycles. The normalized spacial score (nSPS) is 19.7. The number of anilines is 1. The SMILES string of the molecule is c1ccc2c(c1)CCC(Cc1ccc3c(c1)CCO3)N2. The van der Waals surface area contributed by atoms with Crippen LogP contribution in [-0.2, 0) is 19.3 Å². The van der Waals surface area contributed by atoms with Gasteiger partial charge in [-0.1, -0.05) is 30.3 Å². The molecule has 0 bridgehead atoms. The molecule has 0 radical (unpaired) electrons. The van der Waals surface area contributed by atoms with Gasteiger partial charge in [0.2, 0.25) is 0 Å². The number of hydrogen-bond acceptors (Lipinski definition) is 2. The first-order valence-corrected chi connectivity index (χ1v) is 7.47. The third-order valence-electron chi connectivity index (χ3n) is 4.38. The topological polar surface area (TPSA) is 21.3 Å². The van der Waals surface area contributed by atoms with Gasteiger partial charge in [0.25, 0.3) is 0 Å². The quantitative estimate of drug-likeness (QED) is 0.896. The van der Waals surface area contributed by atoms with Crippen molar-refractivity contribution in [2.24, 2.45) is 0 Å². The van der Waals surface area contributed by atoms with Gasteiger partial charge in [0.1, 0.15) is 5.75 Å². The summed E-state index contributed by atoms with van der Waals surface area (Å²) in [4.78, 5) is 0. The zero-order valence-corrected chi connectivity index (χ0v) is 11.6. The van der Waals surface area contributed by atoms with Crippen LogP contribution in [0, 0.1) is 0 Å². The molecular weight excluding hydrogens is 246 g/mol. The van der Waals surface area contributed by atoms with Crippen LogP contribution in [0.2, 0.25) is 0 Å². The molecule has 20 heavy (non-hydrogen) atoms. The van der Waals surface area contributed by atoms with Gasteiger partial charge in [0, 0.05) is 18.2 Å². The molecule has 1 N–H and O–H groups in total. The monoisotopic (exact) mass is 265 g/mol. The Morgan fingerprint density at radius 2 is 2.00 bits per heavy atom. The molecule has 0 saturated heterocycles. The maximum atomic E-state index is 5.57. The molecule has 4 rings (SSSR count). The highest BCUT2D eigenvalue weighted by molar-refractivity contribution is 5.54. The number of benzene rings is 2. The van der Waals surface area contributed by atoms with Crippen LogP contribution in [0.5, 0.6) is 5.75 Å². The Bertz CT molecular complexity index is 635. The molecule has 0 fully saturated rings. The van der Waals surface area contributed by atoms with Crippen LogP contribution in [0.25, 0.3) is 0 Å². The molecule has 0 amide bonds. The van der Waals surface area contributed by atoms with Crippen molar-refractivity contribution in [3.63, 3.8) is 0 Å².